The van der Waals surface area contributed by atoms with E-state index < -0.39 is 4.92 Å². The predicted molar refractivity (Wildman–Crippen MR) is 98.6 cm³/mol. The number of carbonyl (C=O) groups excluding carboxylic acids is 1. The van der Waals surface area contributed by atoms with E-state index in [0.29, 0.717) is 12.1 Å². The van der Waals surface area contributed by atoms with E-state index in [1.165, 1.54) is 23.8 Å². The monoisotopic (exact) mass is 354 g/mol. The Hall–Kier alpha value is -2.89. The van der Waals surface area contributed by atoms with Crippen molar-refractivity contribution in [2.75, 3.05) is 13.7 Å². The maximum absolute atomic E-state index is 12.5. The van der Waals surface area contributed by atoms with E-state index in [1.807, 2.05) is 12.1 Å². The van der Waals surface area contributed by atoms with Gasteiger partial charge in [-0.1, -0.05) is 31.0 Å². The molecule has 1 N–H and O–H groups in total. The zero-order chi connectivity index (χ0) is 18.6. The van der Waals surface area contributed by atoms with E-state index in [-0.39, 0.29) is 17.0 Å². The maximum atomic E-state index is 12.5. The van der Waals surface area contributed by atoms with Crippen LogP contribution in [-0.4, -0.2) is 24.5 Å². The van der Waals surface area contributed by atoms with Crippen molar-refractivity contribution >= 4 is 11.6 Å². The van der Waals surface area contributed by atoms with Crippen LogP contribution >= 0.6 is 0 Å². The minimum Gasteiger partial charge on any atom is -0.497 e. The van der Waals surface area contributed by atoms with Gasteiger partial charge in [0.15, 0.2) is 0 Å². The number of benzene rings is 2. The highest BCUT2D eigenvalue weighted by molar-refractivity contribution is 5.94. The standard InChI is InChI=1S/C20H22N2O4/c1-26-18-9-7-16(8-10-18)20(11-2-3-12-20)14-21-19(23)15-5-4-6-17(13-15)22(24)25/h4-10,13H,2-3,11-12,14H2,1H3,(H,21,23). The largest absolute Gasteiger partial charge is 0.497 e. The molecular formula is C20H22N2O4. The summed E-state index contributed by atoms with van der Waals surface area (Å²) in [5.74, 6) is 0.524. The van der Waals surface area contributed by atoms with Gasteiger partial charge in [-0.05, 0) is 36.6 Å². The van der Waals surface area contributed by atoms with Gasteiger partial charge >= 0.3 is 0 Å². The van der Waals surface area contributed by atoms with Gasteiger partial charge in [0.2, 0.25) is 0 Å². The first-order valence-corrected chi connectivity index (χ1v) is 8.71. The first-order chi connectivity index (χ1) is 12.5. The normalized spacial score (nSPS) is 15.4. The second-order valence-electron chi connectivity index (χ2n) is 6.71. The first kappa shape index (κ1) is 17.9. The van der Waals surface area contributed by atoms with Crippen molar-refractivity contribution in [3.05, 3.63) is 69.8 Å². The third-order valence-corrected chi connectivity index (χ3v) is 5.17. The minimum atomic E-state index is -0.493. The molecule has 0 aliphatic heterocycles. The first-order valence-electron chi connectivity index (χ1n) is 8.71. The third-order valence-electron chi connectivity index (χ3n) is 5.17. The van der Waals surface area contributed by atoms with E-state index in [2.05, 4.69) is 17.4 Å². The second kappa shape index (κ2) is 7.56. The molecule has 0 unspecified atom stereocenters. The van der Waals surface area contributed by atoms with Gasteiger partial charge in [-0.3, -0.25) is 14.9 Å². The van der Waals surface area contributed by atoms with Crippen LogP contribution in [-0.2, 0) is 5.41 Å². The lowest BCUT2D eigenvalue weighted by atomic mass is 9.78. The zero-order valence-electron chi connectivity index (χ0n) is 14.7. The second-order valence-corrected chi connectivity index (χ2v) is 6.71. The summed E-state index contributed by atoms with van der Waals surface area (Å²) in [5.41, 5.74) is 1.32. The van der Waals surface area contributed by atoms with Crippen LogP contribution in [0.1, 0.15) is 41.6 Å². The van der Waals surface area contributed by atoms with Gasteiger partial charge in [-0.2, -0.15) is 0 Å². The predicted octanol–water partition coefficient (Wildman–Crippen LogP) is 3.85. The van der Waals surface area contributed by atoms with Crippen molar-refractivity contribution in [3.63, 3.8) is 0 Å². The Balaban J connectivity index is 1.75. The Labute approximate surface area is 152 Å². The summed E-state index contributed by atoms with van der Waals surface area (Å²) in [4.78, 5) is 22.9. The van der Waals surface area contributed by atoms with Crippen LogP contribution in [0.2, 0.25) is 0 Å². The summed E-state index contributed by atoms with van der Waals surface area (Å²) in [7, 11) is 1.64. The van der Waals surface area contributed by atoms with Crippen LogP contribution in [0.3, 0.4) is 0 Å². The van der Waals surface area contributed by atoms with Crippen molar-refractivity contribution in [2.45, 2.75) is 31.1 Å². The number of nitro groups is 1. The molecule has 0 atom stereocenters. The smallest absolute Gasteiger partial charge is 0.270 e. The van der Waals surface area contributed by atoms with Crippen LogP contribution < -0.4 is 10.1 Å². The van der Waals surface area contributed by atoms with Crippen molar-refractivity contribution in [1.82, 2.24) is 5.32 Å². The summed E-state index contributed by atoms with van der Waals surface area (Å²) >= 11 is 0. The van der Waals surface area contributed by atoms with E-state index in [0.717, 1.165) is 31.4 Å². The summed E-state index contributed by atoms with van der Waals surface area (Å²) < 4.78 is 5.23. The fourth-order valence-corrected chi connectivity index (χ4v) is 3.68. The van der Waals surface area contributed by atoms with Gasteiger partial charge < -0.3 is 10.1 Å². The lowest BCUT2D eigenvalue weighted by Crippen LogP contribution is -2.39. The maximum Gasteiger partial charge on any atom is 0.270 e. The number of hydrogen-bond acceptors (Lipinski definition) is 4. The molecule has 1 aliphatic carbocycles. The average Bonchev–Trinajstić information content (AvgIpc) is 3.16. The van der Waals surface area contributed by atoms with Crippen molar-refractivity contribution in [3.8, 4) is 5.75 Å². The Kier molecular flexibility index (Phi) is 5.21. The lowest BCUT2D eigenvalue weighted by Gasteiger charge is -2.30. The van der Waals surface area contributed by atoms with Crippen LogP contribution in [0.4, 0.5) is 5.69 Å². The highest BCUT2D eigenvalue weighted by atomic mass is 16.6. The molecule has 1 amide bonds. The van der Waals surface area contributed by atoms with E-state index >= 15 is 0 Å². The average molecular weight is 354 g/mol. The molecule has 0 bridgehead atoms. The van der Waals surface area contributed by atoms with Gasteiger partial charge in [0.1, 0.15) is 5.75 Å². The molecule has 6 heteroatoms. The Morgan fingerprint density at radius 1 is 1.19 bits per heavy atom. The number of non-ortho nitro benzene ring substituents is 1. The zero-order valence-corrected chi connectivity index (χ0v) is 14.7. The van der Waals surface area contributed by atoms with Crippen molar-refractivity contribution in [2.24, 2.45) is 0 Å². The molecule has 1 saturated carbocycles. The molecule has 1 aliphatic rings. The fourth-order valence-electron chi connectivity index (χ4n) is 3.68. The van der Waals surface area contributed by atoms with E-state index in [4.69, 9.17) is 4.74 Å². The topological polar surface area (TPSA) is 81.5 Å². The molecule has 0 saturated heterocycles. The molecule has 0 radical (unpaired) electrons. The van der Waals surface area contributed by atoms with E-state index in [9.17, 15) is 14.9 Å². The van der Waals surface area contributed by atoms with Gasteiger partial charge in [0.05, 0.1) is 12.0 Å². The van der Waals surface area contributed by atoms with Crippen LogP contribution in [0.25, 0.3) is 0 Å². The summed E-state index contributed by atoms with van der Waals surface area (Å²) in [6.45, 7) is 0.515. The number of nitrogens with zero attached hydrogens (tertiary/aromatic N) is 1. The molecule has 0 heterocycles. The van der Waals surface area contributed by atoms with Crippen molar-refractivity contribution < 1.29 is 14.5 Å². The number of hydrogen-bond donors (Lipinski definition) is 1. The number of methoxy groups -OCH3 is 1. The van der Waals surface area contributed by atoms with Gasteiger partial charge in [-0.25, -0.2) is 0 Å². The Morgan fingerprint density at radius 3 is 2.50 bits per heavy atom. The van der Waals surface area contributed by atoms with Crippen LogP contribution in [0.15, 0.2) is 48.5 Å². The molecule has 26 heavy (non-hydrogen) atoms. The number of carbonyl (C=O) groups is 1. The lowest BCUT2D eigenvalue weighted by molar-refractivity contribution is -0.384. The van der Waals surface area contributed by atoms with E-state index in [1.54, 1.807) is 13.2 Å². The minimum absolute atomic E-state index is 0.0802. The summed E-state index contributed by atoms with van der Waals surface area (Å²) in [6.07, 6.45) is 4.26. The van der Waals surface area contributed by atoms with Gasteiger partial charge in [-0.15, -0.1) is 0 Å². The molecule has 0 aromatic heterocycles. The van der Waals surface area contributed by atoms with Gasteiger partial charge in [0.25, 0.3) is 11.6 Å². The van der Waals surface area contributed by atoms with Crippen molar-refractivity contribution in [1.29, 1.82) is 0 Å². The third kappa shape index (κ3) is 3.69. The quantitative estimate of drug-likeness (QED) is 0.631. The Morgan fingerprint density at radius 2 is 1.88 bits per heavy atom. The SMILES string of the molecule is COc1ccc(C2(CNC(=O)c3cccc([N+](=O)[O-])c3)CCCC2)cc1. The summed E-state index contributed by atoms with van der Waals surface area (Å²) in [6, 6.07) is 13.8. The molecule has 0 spiro atoms. The number of nitro benzene ring substituents is 1. The molecule has 6 nitrogen and oxygen atoms in total. The number of rotatable bonds is 6. The molecule has 2 aromatic rings. The molecule has 3 rings (SSSR count). The summed E-state index contributed by atoms with van der Waals surface area (Å²) in [5, 5.41) is 13.9. The number of ether oxygens (including phenoxy) is 1. The Bertz CT molecular complexity index is 796. The van der Waals surface area contributed by atoms with Gasteiger partial charge in [0, 0.05) is 29.7 Å². The number of amides is 1. The fraction of sp³-hybridized carbons (Fsp3) is 0.350. The number of nitrogens with one attached hydrogen (secondary N) is 1. The van der Waals surface area contributed by atoms with Crippen LogP contribution in [0, 0.1) is 10.1 Å². The van der Waals surface area contributed by atoms with Crippen LogP contribution in [0.5, 0.6) is 5.75 Å². The molecule has 136 valence electrons. The highest BCUT2D eigenvalue weighted by Crippen LogP contribution is 2.41. The molecule has 2 aromatic carbocycles. The highest BCUT2D eigenvalue weighted by Gasteiger charge is 2.36. The molecule has 1 fully saturated rings. The molecular weight excluding hydrogens is 332 g/mol.